The van der Waals surface area contributed by atoms with Gasteiger partial charge in [-0.25, -0.2) is 4.39 Å². The first kappa shape index (κ1) is 12.1. The van der Waals surface area contributed by atoms with Crippen molar-refractivity contribution in [3.8, 4) is 0 Å². The predicted octanol–water partition coefficient (Wildman–Crippen LogP) is 2.80. The summed E-state index contributed by atoms with van der Waals surface area (Å²) in [7, 11) is 0. The highest BCUT2D eigenvalue weighted by molar-refractivity contribution is 5.86. The van der Waals surface area contributed by atoms with Gasteiger partial charge in [0.1, 0.15) is 5.82 Å². The van der Waals surface area contributed by atoms with Crippen LogP contribution in [0.4, 0.5) is 10.1 Å². The molecule has 0 radical (unpaired) electrons. The number of benzene rings is 1. The van der Waals surface area contributed by atoms with E-state index in [2.05, 4.69) is 0 Å². The maximum absolute atomic E-state index is 13.2. The van der Waals surface area contributed by atoms with Crippen LogP contribution < -0.4 is 4.90 Å². The molecule has 0 aliphatic carbocycles. The first-order valence-electron chi connectivity index (χ1n) is 6.18. The molecule has 1 unspecified atom stereocenters. The third-order valence-corrected chi connectivity index (χ3v) is 3.55. The average molecular weight is 235 g/mol. The molecule has 1 atom stereocenters. The van der Waals surface area contributed by atoms with Crippen LogP contribution in [0.5, 0.6) is 0 Å². The summed E-state index contributed by atoms with van der Waals surface area (Å²) in [5.74, 6) is 0.101. The zero-order valence-electron chi connectivity index (χ0n) is 10.4. The first-order chi connectivity index (χ1) is 8.11. The van der Waals surface area contributed by atoms with E-state index < -0.39 is 0 Å². The Hall–Kier alpha value is -1.38. The van der Waals surface area contributed by atoms with E-state index in [9.17, 15) is 9.18 Å². The van der Waals surface area contributed by atoms with Crippen molar-refractivity contribution in [2.75, 3.05) is 18.0 Å². The molecule has 1 aromatic carbocycles. The highest BCUT2D eigenvalue weighted by Crippen LogP contribution is 2.28. The Labute approximate surface area is 101 Å². The number of rotatable bonds is 4. The number of nitrogens with zero attached hydrogens (tertiary/aromatic N) is 1. The van der Waals surface area contributed by atoms with Crippen LogP contribution in [0.2, 0.25) is 0 Å². The molecule has 2 nitrogen and oxygen atoms in total. The van der Waals surface area contributed by atoms with E-state index in [0.29, 0.717) is 6.54 Å². The Morgan fingerprint density at radius 3 is 3.00 bits per heavy atom. The number of halogens is 1. The summed E-state index contributed by atoms with van der Waals surface area (Å²) < 4.78 is 13.2. The van der Waals surface area contributed by atoms with Gasteiger partial charge in [0.15, 0.2) is 5.78 Å². The maximum Gasteiger partial charge on any atom is 0.154 e. The van der Waals surface area contributed by atoms with E-state index in [0.717, 1.165) is 30.6 Å². The summed E-state index contributed by atoms with van der Waals surface area (Å²) in [4.78, 5) is 13.9. The number of fused-ring (bicyclic) bond motifs is 1. The molecule has 0 saturated heterocycles. The van der Waals surface area contributed by atoms with Crippen molar-refractivity contribution in [3.05, 3.63) is 29.6 Å². The number of ketones is 1. The fraction of sp³-hybridized carbons (Fsp3) is 0.500. The lowest BCUT2D eigenvalue weighted by Crippen LogP contribution is -2.31. The first-order valence-corrected chi connectivity index (χ1v) is 6.18. The fourth-order valence-electron chi connectivity index (χ4n) is 2.15. The van der Waals surface area contributed by atoms with Gasteiger partial charge in [-0.3, -0.25) is 4.79 Å². The summed E-state index contributed by atoms with van der Waals surface area (Å²) in [6, 6.07) is 4.84. The zero-order valence-corrected chi connectivity index (χ0v) is 10.4. The minimum absolute atomic E-state index is 0.0904. The van der Waals surface area contributed by atoms with Crippen molar-refractivity contribution in [1.29, 1.82) is 0 Å². The van der Waals surface area contributed by atoms with Crippen LogP contribution in [0.25, 0.3) is 0 Å². The minimum atomic E-state index is -0.230. The molecule has 0 N–H and O–H groups in total. The summed E-state index contributed by atoms with van der Waals surface area (Å²) in [5, 5.41) is 0. The molecule has 92 valence electrons. The Kier molecular flexibility index (Phi) is 3.46. The lowest BCUT2D eigenvalue weighted by atomic mass is 10.0. The zero-order chi connectivity index (χ0) is 12.4. The number of carbonyl (C=O) groups excluding carboxylic acids is 1. The SMILES string of the molecule is CCC(C)C(=O)CN1CCc2ccc(F)cc21. The lowest BCUT2D eigenvalue weighted by molar-refractivity contribution is -0.121. The molecule has 3 heteroatoms. The number of carbonyl (C=O) groups is 1. The molecular formula is C14H18FNO. The van der Waals surface area contributed by atoms with Gasteiger partial charge in [-0.05, 0) is 30.5 Å². The Balaban J connectivity index is 2.11. The molecule has 0 aromatic heterocycles. The normalized spacial score (nSPS) is 15.8. The highest BCUT2D eigenvalue weighted by Gasteiger charge is 2.23. The van der Waals surface area contributed by atoms with Crippen LogP contribution in [0.15, 0.2) is 18.2 Å². The van der Waals surface area contributed by atoms with E-state index in [4.69, 9.17) is 0 Å². The van der Waals surface area contributed by atoms with E-state index in [1.165, 1.54) is 12.1 Å². The number of Topliss-reactive ketones (excluding diaryl/α,β-unsaturated/α-hetero) is 1. The van der Waals surface area contributed by atoms with Crippen LogP contribution in [-0.2, 0) is 11.2 Å². The molecule has 0 bridgehead atoms. The smallest absolute Gasteiger partial charge is 0.154 e. The second-order valence-electron chi connectivity index (χ2n) is 4.72. The van der Waals surface area contributed by atoms with Gasteiger partial charge in [-0.1, -0.05) is 19.9 Å². The third-order valence-electron chi connectivity index (χ3n) is 3.55. The van der Waals surface area contributed by atoms with E-state index in [1.54, 1.807) is 0 Å². The summed E-state index contributed by atoms with van der Waals surface area (Å²) >= 11 is 0. The third kappa shape index (κ3) is 2.48. The fourth-order valence-corrected chi connectivity index (χ4v) is 2.15. The lowest BCUT2D eigenvalue weighted by Gasteiger charge is -2.20. The second kappa shape index (κ2) is 4.86. The van der Waals surface area contributed by atoms with E-state index >= 15 is 0 Å². The van der Waals surface area contributed by atoms with Crippen molar-refractivity contribution in [2.24, 2.45) is 5.92 Å². The molecule has 1 aliphatic heterocycles. The molecule has 0 saturated carbocycles. The van der Waals surface area contributed by atoms with E-state index in [-0.39, 0.29) is 17.5 Å². The molecule has 2 rings (SSSR count). The van der Waals surface area contributed by atoms with Crippen LogP contribution in [0, 0.1) is 11.7 Å². The standard InChI is InChI=1S/C14H18FNO/c1-3-10(2)14(17)9-16-7-6-11-4-5-12(15)8-13(11)16/h4-5,8,10H,3,6-7,9H2,1-2H3. The molecule has 0 amide bonds. The van der Waals surface area contributed by atoms with Crippen LogP contribution in [0.3, 0.4) is 0 Å². The van der Waals surface area contributed by atoms with Gasteiger partial charge < -0.3 is 4.90 Å². The van der Waals surface area contributed by atoms with Gasteiger partial charge in [0, 0.05) is 18.2 Å². The van der Waals surface area contributed by atoms with Crippen molar-refractivity contribution in [3.63, 3.8) is 0 Å². The predicted molar refractivity (Wildman–Crippen MR) is 66.8 cm³/mol. The largest absolute Gasteiger partial charge is 0.364 e. The van der Waals surface area contributed by atoms with Gasteiger partial charge in [0.2, 0.25) is 0 Å². The van der Waals surface area contributed by atoms with Crippen molar-refractivity contribution in [2.45, 2.75) is 26.7 Å². The summed E-state index contributed by atoms with van der Waals surface area (Å²) in [6.45, 7) is 5.19. The number of anilines is 1. The monoisotopic (exact) mass is 235 g/mol. The molecular weight excluding hydrogens is 217 g/mol. The minimum Gasteiger partial charge on any atom is -0.364 e. The van der Waals surface area contributed by atoms with Crippen LogP contribution in [-0.4, -0.2) is 18.9 Å². The van der Waals surface area contributed by atoms with Gasteiger partial charge in [-0.2, -0.15) is 0 Å². The quantitative estimate of drug-likeness (QED) is 0.799. The Bertz CT molecular complexity index is 430. The van der Waals surface area contributed by atoms with Gasteiger partial charge in [-0.15, -0.1) is 0 Å². The van der Waals surface area contributed by atoms with Crippen molar-refractivity contribution >= 4 is 11.5 Å². The van der Waals surface area contributed by atoms with Crippen LogP contribution >= 0.6 is 0 Å². The summed E-state index contributed by atoms with van der Waals surface area (Å²) in [5.41, 5.74) is 2.03. The Morgan fingerprint density at radius 1 is 1.53 bits per heavy atom. The maximum atomic E-state index is 13.2. The van der Waals surface area contributed by atoms with Gasteiger partial charge in [0.25, 0.3) is 0 Å². The van der Waals surface area contributed by atoms with Gasteiger partial charge in [0.05, 0.1) is 6.54 Å². The molecule has 0 spiro atoms. The summed E-state index contributed by atoms with van der Waals surface area (Å²) in [6.07, 6.45) is 1.77. The van der Waals surface area contributed by atoms with E-state index in [1.807, 2.05) is 24.8 Å². The van der Waals surface area contributed by atoms with Crippen LogP contribution in [0.1, 0.15) is 25.8 Å². The van der Waals surface area contributed by atoms with Crippen molar-refractivity contribution in [1.82, 2.24) is 0 Å². The topological polar surface area (TPSA) is 20.3 Å². The average Bonchev–Trinajstić information content (AvgIpc) is 2.71. The van der Waals surface area contributed by atoms with Crippen molar-refractivity contribution < 1.29 is 9.18 Å². The molecule has 0 fully saturated rings. The number of hydrogen-bond donors (Lipinski definition) is 0. The number of hydrogen-bond acceptors (Lipinski definition) is 2. The Morgan fingerprint density at radius 2 is 2.29 bits per heavy atom. The molecule has 1 aromatic rings. The molecule has 17 heavy (non-hydrogen) atoms. The molecule has 1 heterocycles. The molecule has 1 aliphatic rings. The highest BCUT2D eigenvalue weighted by atomic mass is 19.1. The second-order valence-corrected chi connectivity index (χ2v) is 4.72. The van der Waals surface area contributed by atoms with Gasteiger partial charge >= 0.3 is 0 Å².